The van der Waals surface area contributed by atoms with Crippen LogP contribution in [0.15, 0.2) is 18.2 Å². The van der Waals surface area contributed by atoms with Crippen molar-refractivity contribution in [3.05, 3.63) is 28.8 Å². The van der Waals surface area contributed by atoms with Crippen LogP contribution in [0.1, 0.15) is 39.2 Å². The Labute approximate surface area is 116 Å². The van der Waals surface area contributed by atoms with Gasteiger partial charge in [0.15, 0.2) is 0 Å². The fraction of sp³-hybridized carbons (Fsp3) is 0.600. The topological polar surface area (TPSA) is 15.3 Å². The predicted octanol–water partition coefficient (Wildman–Crippen LogP) is 4.07. The zero-order valence-electron chi connectivity index (χ0n) is 12.0. The molecule has 18 heavy (non-hydrogen) atoms. The first-order chi connectivity index (χ1) is 8.56. The maximum atomic E-state index is 6.35. The van der Waals surface area contributed by atoms with Crippen LogP contribution in [0.4, 0.5) is 5.69 Å². The largest absolute Gasteiger partial charge is 0.373 e. The third-order valence-corrected chi connectivity index (χ3v) is 3.30. The molecule has 0 fully saturated rings. The molecule has 1 aromatic rings. The van der Waals surface area contributed by atoms with Gasteiger partial charge in [-0.3, -0.25) is 0 Å². The van der Waals surface area contributed by atoms with Gasteiger partial charge in [-0.1, -0.05) is 50.9 Å². The lowest BCUT2D eigenvalue weighted by molar-refractivity contribution is 0.588. The van der Waals surface area contributed by atoms with E-state index >= 15 is 0 Å². The summed E-state index contributed by atoms with van der Waals surface area (Å²) in [4.78, 5) is 2.27. The smallest absolute Gasteiger partial charge is 0.0642 e. The summed E-state index contributed by atoms with van der Waals surface area (Å²) in [5.74, 6) is 0. The summed E-state index contributed by atoms with van der Waals surface area (Å²) in [6.07, 6.45) is 2.40. The third kappa shape index (κ3) is 4.51. The molecule has 102 valence electrons. The van der Waals surface area contributed by atoms with Crippen LogP contribution in [0.25, 0.3) is 0 Å². The van der Waals surface area contributed by atoms with E-state index in [0.29, 0.717) is 6.04 Å². The summed E-state index contributed by atoms with van der Waals surface area (Å²) >= 11 is 6.35. The van der Waals surface area contributed by atoms with Crippen LogP contribution in [0.3, 0.4) is 0 Å². The van der Waals surface area contributed by atoms with E-state index in [0.717, 1.165) is 18.1 Å². The first-order valence-corrected chi connectivity index (χ1v) is 7.16. The van der Waals surface area contributed by atoms with E-state index in [-0.39, 0.29) is 0 Å². The minimum absolute atomic E-state index is 0.484. The Bertz CT molecular complexity index is 364. The molecule has 0 unspecified atom stereocenters. The van der Waals surface area contributed by atoms with Gasteiger partial charge in [0.1, 0.15) is 0 Å². The van der Waals surface area contributed by atoms with Crippen molar-refractivity contribution in [2.45, 2.75) is 46.2 Å². The second-order valence-corrected chi connectivity index (χ2v) is 5.47. The Kier molecular flexibility index (Phi) is 6.51. The van der Waals surface area contributed by atoms with Gasteiger partial charge in [-0.25, -0.2) is 0 Å². The molecule has 3 heteroatoms. The number of halogens is 1. The van der Waals surface area contributed by atoms with Crippen molar-refractivity contribution in [1.82, 2.24) is 5.32 Å². The molecule has 0 aliphatic carbocycles. The first-order valence-electron chi connectivity index (χ1n) is 6.78. The number of rotatable bonds is 7. The van der Waals surface area contributed by atoms with Crippen LogP contribution in [-0.4, -0.2) is 19.6 Å². The maximum absolute atomic E-state index is 6.35. The summed E-state index contributed by atoms with van der Waals surface area (Å²) < 4.78 is 0. The molecule has 1 N–H and O–H groups in total. The molecule has 0 spiro atoms. The Balaban J connectivity index is 2.85. The van der Waals surface area contributed by atoms with E-state index in [1.165, 1.54) is 24.1 Å². The quantitative estimate of drug-likeness (QED) is 0.802. The van der Waals surface area contributed by atoms with Crippen LogP contribution < -0.4 is 10.2 Å². The summed E-state index contributed by atoms with van der Waals surface area (Å²) in [6.45, 7) is 8.44. The van der Waals surface area contributed by atoms with Crippen molar-refractivity contribution >= 4 is 17.3 Å². The van der Waals surface area contributed by atoms with Crippen molar-refractivity contribution in [2.75, 3.05) is 18.5 Å². The average Bonchev–Trinajstić information content (AvgIpc) is 2.33. The predicted molar refractivity (Wildman–Crippen MR) is 81.6 cm³/mol. The highest BCUT2D eigenvalue weighted by Crippen LogP contribution is 2.29. The van der Waals surface area contributed by atoms with Crippen LogP contribution in [0.5, 0.6) is 0 Å². The molecule has 0 amide bonds. The van der Waals surface area contributed by atoms with Gasteiger partial charge >= 0.3 is 0 Å². The van der Waals surface area contributed by atoms with Crippen LogP contribution in [0, 0.1) is 0 Å². The lowest BCUT2D eigenvalue weighted by atomic mass is 10.1. The number of nitrogens with zero attached hydrogens (tertiary/aromatic N) is 1. The molecular formula is C15H25ClN2. The highest BCUT2D eigenvalue weighted by molar-refractivity contribution is 6.33. The summed E-state index contributed by atoms with van der Waals surface area (Å²) in [5, 5.41) is 4.30. The zero-order chi connectivity index (χ0) is 13.5. The first kappa shape index (κ1) is 15.3. The van der Waals surface area contributed by atoms with Gasteiger partial charge in [-0.05, 0) is 18.1 Å². The van der Waals surface area contributed by atoms with E-state index in [9.17, 15) is 0 Å². The number of hydrogen-bond donors (Lipinski definition) is 1. The third-order valence-electron chi connectivity index (χ3n) is 3.00. The molecule has 0 saturated heterocycles. The fourth-order valence-electron chi connectivity index (χ4n) is 1.95. The number of nitrogens with one attached hydrogen (secondary N) is 1. The van der Waals surface area contributed by atoms with Crippen LogP contribution in [0.2, 0.25) is 5.02 Å². The van der Waals surface area contributed by atoms with Crippen LogP contribution >= 0.6 is 11.6 Å². The maximum Gasteiger partial charge on any atom is 0.0642 e. The second-order valence-electron chi connectivity index (χ2n) is 5.06. The SMILES string of the molecule is CCCCN(C)c1c(Cl)cccc1CNC(C)C. The Morgan fingerprint density at radius 1 is 1.33 bits per heavy atom. The van der Waals surface area contributed by atoms with E-state index in [1.807, 2.05) is 12.1 Å². The molecule has 0 aliphatic heterocycles. The van der Waals surface area contributed by atoms with Gasteiger partial charge in [-0.2, -0.15) is 0 Å². The number of hydrogen-bond acceptors (Lipinski definition) is 2. The zero-order valence-corrected chi connectivity index (χ0v) is 12.7. The van der Waals surface area contributed by atoms with Crippen LogP contribution in [-0.2, 0) is 6.54 Å². The van der Waals surface area contributed by atoms with Gasteiger partial charge in [0.05, 0.1) is 10.7 Å². The molecule has 1 rings (SSSR count). The Hall–Kier alpha value is -0.730. The van der Waals surface area contributed by atoms with Crippen molar-refractivity contribution in [2.24, 2.45) is 0 Å². The number of benzene rings is 1. The van der Waals surface area contributed by atoms with Gasteiger partial charge < -0.3 is 10.2 Å². The molecule has 0 aromatic heterocycles. The number of unbranched alkanes of at least 4 members (excludes halogenated alkanes) is 1. The number of para-hydroxylation sites is 1. The Morgan fingerprint density at radius 2 is 2.06 bits per heavy atom. The van der Waals surface area contributed by atoms with E-state index in [1.54, 1.807) is 0 Å². The van der Waals surface area contributed by atoms with Gasteiger partial charge in [0.25, 0.3) is 0 Å². The molecule has 0 bridgehead atoms. The molecule has 0 saturated carbocycles. The molecule has 0 heterocycles. The Morgan fingerprint density at radius 3 is 2.67 bits per heavy atom. The summed E-state index contributed by atoms with van der Waals surface area (Å²) in [5.41, 5.74) is 2.44. The van der Waals surface area contributed by atoms with Crippen molar-refractivity contribution in [1.29, 1.82) is 0 Å². The minimum Gasteiger partial charge on any atom is -0.373 e. The molecule has 2 nitrogen and oxygen atoms in total. The molecule has 0 atom stereocenters. The monoisotopic (exact) mass is 268 g/mol. The van der Waals surface area contributed by atoms with Crippen molar-refractivity contribution < 1.29 is 0 Å². The van der Waals surface area contributed by atoms with Gasteiger partial charge in [0.2, 0.25) is 0 Å². The fourth-order valence-corrected chi connectivity index (χ4v) is 2.29. The second kappa shape index (κ2) is 7.65. The normalized spacial score (nSPS) is 11.0. The highest BCUT2D eigenvalue weighted by Gasteiger charge is 2.11. The lowest BCUT2D eigenvalue weighted by Gasteiger charge is -2.24. The molecule has 0 aliphatic rings. The average molecular weight is 269 g/mol. The van der Waals surface area contributed by atoms with E-state index in [2.05, 4.69) is 44.1 Å². The van der Waals surface area contributed by atoms with Crippen molar-refractivity contribution in [3.63, 3.8) is 0 Å². The van der Waals surface area contributed by atoms with Gasteiger partial charge in [-0.15, -0.1) is 0 Å². The molecule has 1 aromatic carbocycles. The molecular weight excluding hydrogens is 244 g/mol. The lowest BCUT2D eigenvalue weighted by Crippen LogP contribution is -2.25. The number of anilines is 1. The van der Waals surface area contributed by atoms with Gasteiger partial charge in [0, 0.05) is 26.2 Å². The molecule has 0 radical (unpaired) electrons. The highest BCUT2D eigenvalue weighted by atomic mass is 35.5. The van der Waals surface area contributed by atoms with Crippen molar-refractivity contribution in [3.8, 4) is 0 Å². The summed E-state index contributed by atoms with van der Waals surface area (Å²) in [6, 6.07) is 6.63. The minimum atomic E-state index is 0.484. The van der Waals surface area contributed by atoms with E-state index in [4.69, 9.17) is 11.6 Å². The standard InChI is InChI=1S/C15H25ClN2/c1-5-6-10-18(4)15-13(11-17-12(2)3)8-7-9-14(15)16/h7-9,12,17H,5-6,10-11H2,1-4H3. The summed E-state index contributed by atoms with van der Waals surface area (Å²) in [7, 11) is 2.12. The van der Waals surface area contributed by atoms with E-state index < -0.39 is 0 Å².